The summed E-state index contributed by atoms with van der Waals surface area (Å²) in [4.78, 5) is 27.7. The Hall–Kier alpha value is -3.42. The average molecular weight is 450 g/mol. The molecule has 33 heavy (non-hydrogen) atoms. The molecule has 2 aromatic heterocycles. The lowest BCUT2D eigenvalue weighted by atomic mass is 9.95. The maximum absolute atomic E-state index is 13.2. The Bertz CT molecular complexity index is 1080. The number of ether oxygens (including phenoxy) is 1. The van der Waals surface area contributed by atoms with E-state index in [9.17, 15) is 9.59 Å². The van der Waals surface area contributed by atoms with Crippen LogP contribution in [0.15, 0.2) is 54.7 Å². The van der Waals surface area contributed by atoms with Crippen LogP contribution in [0.3, 0.4) is 0 Å². The van der Waals surface area contributed by atoms with Gasteiger partial charge in [-0.2, -0.15) is 0 Å². The molecule has 2 unspecified atom stereocenters. The maximum atomic E-state index is 13.2. The number of para-hydroxylation sites is 1. The number of pyridine rings is 1. The number of carbonyl (C=O) groups excluding carboxylic acids is 2. The first-order valence-electron chi connectivity index (χ1n) is 11.6. The molecule has 4 rings (SSSR count). The predicted octanol–water partition coefficient (Wildman–Crippen LogP) is 3.25. The van der Waals surface area contributed by atoms with Crippen LogP contribution >= 0.6 is 0 Å². The fourth-order valence-corrected chi connectivity index (χ4v) is 4.22. The second kappa shape index (κ2) is 10.5. The van der Waals surface area contributed by atoms with Crippen LogP contribution in [0.4, 0.5) is 0 Å². The number of hydrogen-bond donors (Lipinski definition) is 1. The van der Waals surface area contributed by atoms with Crippen molar-refractivity contribution in [3.63, 3.8) is 0 Å². The van der Waals surface area contributed by atoms with Crippen LogP contribution in [0, 0.1) is 11.8 Å². The molecule has 0 saturated carbocycles. The zero-order chi connectivity index (χ0) is 23.2. The van der Waals surface area contributed by atoms with E-state index in [4.69, 9.17) is 4.74 Å². The van der Waals surface area contributed by atoms with Crippen molar-refractivity contribution in [1.82, 2.24) is 24.8 Å². The van der Waals surface area contributed by atoms with Gasteiger partial charge in [-0.1, -0.05) is 38.1 Å². The van der Waals surface area contributed by atoms with Gasteiger partial charge in [-0.05, 0) is 43.0 Å². The van der Waals surface area contributed by atoms with Gasteiger partial charge in [0.2, 0.25) is 11.8 Å². The maximum Gasteiger partial charge on any atom is 0.226 e. The molecule has 0 bridgehead atoms. The van der Waals surface area contributed by atoms with Crippen LogP contribution in [-0.4, -0.2) is 51.0 Å². The van der Waals surface area contributed by atoms with E-state index in [0.717, 1.165) is 30.1 Å². The molecule has 1 N–H and O–H groups in total. The summed E-state index contributed by atoms with van der Waals surface area (Å²) in [6.45, 7) is 5.54. The fraction of sp³-hybridized carbons (Fsp3) is 0.440. The molecule has 2 atom stereocenters. The van der Waals surface area contributed by atoms with E-state index >= 15 is 0 Å². The van der Waals surface area contributed by atoms with Gasteiger partial charge in [-0.25, -0.2) is 0 Å². The highest BCUT2D eigenvalue weighted by Gasteiger charge is 2.31. The van der Waals surface area contributed by atoms with Crippen LogP contribution < -0.4 is 10.1 Å². The van der Waals surface area contributed by atoms with Crippen molar-refractivity contribution in [3.05, 3.63) is 60.6 Å². The van der Waals surface area contributed by atoms with E-state index in [1.54, 1.807) is 4.90 Å². The van der Waals surface area contributed by atoms with Gasteiger partial charge in [0.1, 0.15) is 5.75 Å². The number of carbonyl (C=O) groups is 2. The third-order valence-corrected chi connectivity index (χ3v) is 6.06. The Balaban J connectivity index is 1.35. The number of fused-ring (bicyclic) bond motifs is 1. The van der Waals surface area contributed by atoms with Gasteiger partial charge in [0, 0.05) is 19.3 Å². The summed E-state index contributed by atoms with van der Waals surface area (Å²) >= 11 is 0. The van der Waals surface area contributed by atoms with Crippen molar-refractivity contribution in [2.75, 3.05) is 19.7 Å². The molecular formula is C25H31N5O3. The molecule has 1 fully saturated rings. The van der Waals surface area contributed by atoms with Crippen molar-refractivity contribution >= 4 is 17.5 Å². The van der Waals surface area contributed by atoms with Crippen molar-refractivity contribution in [2.45, 2.75) is 39.2 Å². The minimum atomic E-state index is -0.264. The fourth-order valence-electron chi connectivity index (χ4n) is 4.22. The van der Waals surface area contributed by atoms with E-state index in [2.05, 4.69) is 29.4 Å². The van der Waals surface area contributed by atoms with Gasteiger partial charge < -0.3 is 15.0 Å². The normalized spacial score (nSPS) is 17.2. The third kappa shape index (κ3) is 5.50. The van der Waals surface area contributed by atoms with Gasteiger partial charge in [-0.15, -0.1) is 10.2 Å². The highest BCUT2D eigenvalue weighted by molar-refractivity contribution is 5.81. The summed E-state index contributed by atoms with van der Waals surface area (Å²) in [6, 6.07) is 14.9. The molecule has 1 aromatic carbocycles. The molecule has 0 aliphatic carbocycles. The Morgan fingerprint density at radius 2 is 1.91 bits per heavy atom. The molecule has 3 heterocycles. The molecule has 0 radical (unpaired) electrons. The standard InChI is InChI=1S/C25H31N5O3/c1-18(2)23(24-28-27-21-12-6-7-15-30(21)24)26-25(32)19-9-8-14-29(17-19)22(31)13-16-33-20-10-4-3-5-11-20/h3-7,10-12,15,18-19,23H,8-9,13-14,16-17H2,1-2H3,(H,26,32). The van der Waals surface area contributed by atoms with E-state index < -0.39 is 0 Å². The molecule has 8 nitrogen and oxygen atoms in total. The van der Waals surface area contributed by atoms with Crippen molar-refractivity contribution in [2.24, 2.45) is 11.8 Å². The summed E-state index contributed by atoms with van der Waals surface area (Å²) < 4.78 is 7.57. The van der Waals surface area contributed by atoms with E-state index in [0.29, 0.717) is 26.1 Å². The second-order valence-corrected chi connectivity index (χ2v) is 8.81. The number of rotatable bonds is 8. The van der Waals surface area contributed by atoms with Crippen LogP contribution in [0.2, 0.25) is 0 Å². The summed E-state index contributed by atoms with van der Waals surface area (Å²) in [5, 5.41) is 11.7. The molecule has 1 aliphatic heterocycles. The Kier molecular flexibility index (Phi) is 7.22. The Labute approximate surface area is 193 Å². The van der Waals surface area contributed by atoms with E-state index in [-0.39, 0.29) is 29.7 Å². The van der Waals surface area contributed by atoms with Crippen LogP contribution in [0.25, 0.3) is 5.65 Å². The first-order valence-corrected chi connectivity index (χ1v) is 11.6. The summed E-state index contributed by atoms with van der Waals surface area (Å²) in [5.74, 6) is 1.35. The number of nitrogens with zero attached hydrogens (tertiary/aromatic N) is 4. The Morgan fingerprint density at radius 1 is 1.12 bits per heavy atom. The Morgan fingerprint density at radius 3 is 2.70 bits per heavy atom. The van der Waals surface area contributed by atoms with Crippen LogP contribution in [0.1, 0.15) is 45.0 Å². The van der Waals surface area contributed by atoms with E-state index in [1.807, 2.05) is 59.1 Å². The van der Waals surface area contributed by atoms with Gasteiger partial charge >= 0.3 is 0 Å². The molecule has 8 heteroatoms. The monoisotopic (exact) mass is 449 g/mol. The molecule has 2 amide bonds. The van der Waals surface area contributed by atoms with Gasteiger partial charge in [0.05, 0.1) is 25.0 Å². The first-order chi connectivity index (χ1) is 16.0. The molecular weight excluding hydrogens is 418 g/mol. The summed E-state index contributed by atoms with van der Waals surface area (Å²) in [5.41, 5.74) is 0.750. The minimum absolute atomic E-state index is 0.0206. The van der Waals surface area contributed by atoms with Gasteiger partial charge in [-0.3, -0.25) is 14.0 Å². The number of benzene rings is 1. The molecule has 3 aromatic rings. The SMILES string of the molecule is CC(C)C(NC(=O)C1CCCN(C(=O)CCOc2ccccc2)C1)c1nnc2ccccn12. The number of nitrogens with one attached hydrogen (secondary N) is 1. The minimum Gasteiger partial charge on any atom is -0.493 e. The highest BCUT2D eigenvalue weighted by atomic mass is 16.5. The molecule has 0 spiro atoms. The molecule has 1 aliphatic rings. The third-order valence-electron chi connectivity index (χ3n) is 6.06. The number of piperidine rings is 1. The van der Waals surface area contributed by atoms with Gasteiger partial charge in [0.15, 0.2) is 11.5 Å². The van der Waals surface area contributed by atoms with Crippen LogP contribution in [0.5, 0.6) is 5.75 Å². The largest absolute Gasteiger partial charge is 0.493 e. The number of aromatic nitrogens is 3. The summed E-state index contributed by atoms with van der Waals surface area (Å²) in [7, 11) is 0. The number of hydrogen-bond acceptors (Lipinski definition) is 5. The highest BCUT2D eigenvalue weighted by Crippen LogP contribution is 2.24. The van der Waals surface area contributed by atoms with Crippen LogP contribution in [-0.2, 0) is 9.59 Å². The zero-order valence-electron chi connectivity index (χ0n) is 19.2. The van der Waals surface area contributed by atoms with Crippen molar-refractivity contribution in [1.29, 1.82) is 0 Å². The van der Waals surface area contributed by atoms with Crippen molar-refractivity contribution < 1.29 is 14.3 Å². The molecule has 1 saturated heterocycles. The lowest BCUT2D eigenvalue weighted by molar-refractivity contribution is -0.136. The lowest BCUT2D eigenvalue weighted by Gasteiger charge is -2.33. The molecule has 174 valence electrons. The first kappa shape index (κ1) is 22.8. The van der Waals surface area contributed by atoms with E-state index in [1.165, 1.54) is 0 Å². The average Bonchev–Trinajstić information content (AvgIpc) is 3.26. The lowest BCUT2D eigenvalue weighted by Crippen LogP contribution is -2.47. The van der Waals surface area contributed by atoms with Gasteiger partial charge in [0.25, 0.3) is 0 Å². The summed E-state index contributed by atoms with van der Waals surface area (Å²) in [6.07, 6.45) is 3.78. The second-order valence-electron chi connectivity index (χ2n) is 8.81. The smallest absolute Gasteiger partial charge is 0.226 e. The predicted molar refractivity (Wildman–Crippen MR) is 125 cm³/mol. The number of amides is 2. The quantitative estimate of drug-likeness (QED) is 0.570. The zero-order valence-corrected chi connectivity index (χ0v) is 19.2. The van der Waals surface area contributed by atoms with Crippen molar-refractivity contribution in [3.8, 4) is 5.75 Å². The number of likely N-dealkylation sites (tertiary alicyclic amines) is 1. The topological polar surface area (TPSA) is 88.8 Å².